The molecule has 0 atom stereocenters. The number of fused-ring (bicyclic) bond motifs is 1. The van der Waals surface area contributed by atoms with Crippen LogP contribution in [-0.2, 0) is 4.74 Å². The molecule has 1 amide bonds. The van der Waals surface area contributed by atoms with Crippen molar-refractivity contribution in [1.29, 1.82) is 0 Å². The molecule has 9 heteroatoms. The van der Waals surface area contributed by atoms with Crippen LogP contribution < -0.4 is 9.64 Å². The number of hydrogen-bond donors (Lipinski definition) is 0. The van der Waals surface area contributed by atoms with E-state index < -0.39 is 0 Å². The Morgan fingerprint density at radius 1 is 1.10 bits per heavy atom. The van der Waals surface area contributed by atoms with Crippen molar-refractivity contribution in [3.8, 4) is 17.0 Å². The van der Waals surface area contributed by atoms with E-state index in [4.69, 9.17) is 14.6 Å². The van der Waals surface area contributed by atoms with Crippen molar-refractivity contribution in [3.63, 3.8) is 0 Å². The molecule has 152 valence electrons. The molecular weight excluding hydrogens is 372 g/mol. The molecule has 4 heterocycles. The van der Waals surface area contributed by atoms with Crippen LogP contribution in [0.1, 0.15) is 13.8 Å². The van der Waals surface area contributed by atoms with Gasteiger partial charge in [0.1, 0.15) is 11.6 Å². The Labute approximate surface area is 168 Å². The number of pyridine rings is 1. The summed E-state index contributed by atoms with van der Waals surface area (Å²) in [7, 11) is 1.62. The summed E-state index contributed by atoms with van der Waals surface area (Å²) in [5.41, 5.74) is 2.46. The van der Waals surface area contributed by atoms with Gasteiger partial charge in [-0.3, -0.25) is 4.98 Å². The monoisotopic (exact) mass is 396 g/mol. The number of carbonyl (C=O) groups is 1. The lowest BCUT2D eigenvalue weighted by Crippen LogP contribution is -2.49. The largest absolute Gasteiger partial charge is 0.494 e. The van der Waals surface area contributed by atoms with Crippen LogP contribution >= 0.6 is 0 Å². The molecule has 29 heavy (non-hydrogen) atoms. The molecule has 0 aliphatic carbocycles. The van der Waals surface area contributed by atoms with Gasteiger partial charge in [-0.25, -0.2) is 14.3 Å². The molecular formula is C20H24N6O3. The molecule has 4 rings (SSSR count). The first-order chi connectivity index (χ1) is 14.1. The maximum atomic E-state index is 12.1. The number of ether oxygens (including phenoxy) is 2. The smallest absolute Gasteiger partial charge is 0.410 e. The van der Waals surface area contributed by atoms with E-state index in [9.17, 15) is 4.79 Å². The molecule has 0 spiro atoms. The lowest BCUT2D eigenvalue weighted by Gasteiger charge is -2.35. The van der Waals surface area contributed by atoms with Gasteiger partial charge in [0, 0.05) is 37.9 Å². The zero-order chi connectivity index (χ0) is 20.4. The van der Waals surface area contributed by atoms with E-state index in [0.29, 0.717) is 31.9 Å². The second-order valence-corrected chi connectivity index (χ2v) is 7.09. The number of nitrogens with zero attached hydrogens (tertiary/aromatic N) is 6. The fraction of sp³-hybridized carbons (Fsp3) is 0.400. The predicted octanol–water partition coefficient (Wildman–Crippen LogP) is 2.47. The first-order valence-electron chi connectivity index (χ1n) is 9.60. The highest BCUT2D eigenvalue weighted by molar-refractivity contribution is 5.70. The van der Waals surface area contributed by atoms with Gasteiger partial charge in [0.25, 0.3) is 0 Å². The van der Waals surface area contributed by atoms with Gasteiger partial charge in [-0.2, -0.15) is 0 Å². The van der Waals surface area contributed by atoms with Crippen molar-refractivity contribution < 1.29 is 14.3 Å². The van der Waals surface area contributed by atoms with Gasteiger partial charge in [0.15, 0.2) is 5.65 Å². The van der Waals surface area contributed by atoms with Gasteiger partial charge in [-0.05, 0) is 32.0 Å². The highest BCUT2D eigenvalue weighted by Crippen LogP contribution is 2.29. The molecule has 0 radical (unpaired) electrons. The average molecular weight is 396 g/mol. The minimum Gasteiger partial charge on any atom is -0.494 e. The van der Waals surface area contributed by atoms with Crippen LogP contribution in [-0.4, -0.2) is 70.0 Å². The van der Waals surface area contributed by atoms with Crippen molar-refractivity contribution in [1.82, 2.24) is 24.5 Å². The van der Waals surface area contributed by atoms with Gasteiger partial charge in [0.05, 0.1) is 31.3 Å². The van der Waals surface area contributed by atoms with Crippen LogP contribution in [0, 0.1) is 0 Å². The Morgan fingerprint density at radius 2 is 1.90 bits per heavy atom. The number of carbonyl (C=O) groups excluding carboxylic acids is 1. The number of rotatable bonds is 4. The van der Waals surface area contributed by atoms with Gasteiger partial charge in [-0.15, -0.1) is 5.10 Å². The third kappa shape index (κ3) is 3.80. The number of anilines is 1. The summed E-state index contributed by atoms with van der Waals surface area (Å²) in [6, 6.07) is 5.78. The van der Waals surface area contributed by atoms with Crippen LogP contribution in [0.4, 0.5) is 10.6 Å². The summed E-state index contributed by atoms with van der Waals surface area (Å²) in [5.74, 6) is 1.50. The second-order valence-electron chi connectivity index (χ2n) is 7.09. The van der Waals surface area contributed by atoms with E-state index in [-0.39, 0.29) is 12.2 Å². The fourth-order valence-electron chi connectivity index (χ4n) is 3.36. The molecule has 3 aromatic rings. The summed E-state index contributed by atoms with van der Waals surface area (Å²) in [6.45, 7) is 6.28. The van der Waals surface area contributed by atoms with E-state index in [1.165, 1.54) is 0 Å². The molecule has 9 nitrogen and oxygen atoms in total. The molecule has 1 saturated heterocycles. The third-order valence-corrected chi connectivity index (χ3v) is 4.83. The van der Waals surface area contributed by atoms with E-state index in [0.717, 1.165) is 22.7 Å². The molecule has 0 bridgehead atoms. The minimum atomic E-state index is -0.260. The lowest BCUT2D eigenvalue weighted by molar-refractivity contribution is 0.0751. The molecule has 1 fully saturated rings. The Morgan fingerprint density at radius 3 is 2.62 bits per heavy atom. The fourth-order valence-corrected chi connectivity index (χ4v) is 3.36. The van der Waals surface area contributed by atoms with Gasteiger partial charge >= 0.3 is 6.09 Å². The van der Waals surface area contributed by atoms with E-state index in [1.807, 2.05) is 36.6 Å². The predicted molar refractivity (Wildman–Crippen MR) is 108 cm³/mol. The minimum absolute atomic E-state index is 0.116. The number of methoxy groups -OCH3 is 1. The molecule has 0 N–H and O–H groups in total. The third-order valence-electron chi connectivity index (χ3n) is 4.83. The summed E-state index contributed by atoms with van der Waals surface area (Å²) >= 11 is 0. The van der Waals surface area contributed by atoms with Crippen LogP contribution in [0.5, 0.6) is 5.75 Å². The summed E-state index contributed by atoms with van der Waals surface area (Å²) in [6.07, 6.45) is 4.80. The lowest BCUT2D eigenvalue weighted by atomic mass is 10.2. The number of hydrogen-bond acceptors (Lipinski definition) is 7. The number of imidazole rings is 1. The number of aromatic nitrogens is 4. The maximum Gasteiger partial charge on any atom is 0.410 e. The van der Waals surface area contributed by atoms with E-state index >= 15 is 0 Å². The Kier molecular flexibility index (Phi) is 5.20. The topological polar surface area (TPSA) is 85.1 Å². The first-order valence-corrected chi connectivity index (χ1v) is 9.60. The highest BCUT2D eigenvalue weighted by atomic mass is 16.6. The number of piperazine rings is 1. The van der Waals surface area contributed by atoms with Crippen molar-refractivity contribution in [2.24, 2.45) is 0 Å². The van der Waals surface area contributed by atoms with Crippen molar-refractivity contribution >= 4 is 17.6 Å². The normalized spacial score (nSPS) is 14.5. The van der Waals surface area contributed by atoms with Crippen molar-refractivity contribution in [2.45, 2.75) is 20.0 Å². The Bertz CT molecular complexity index is 1010. The molecule has 0 unspecified atom stereocenters. The van der Waals surface area contributed by atoms with E-state index in [1.54, 1.807) is 30.6 Å². The highest BCUT2D eigenvalue weighted by Gasteiger charge is 2.24. The van der Waals surface area contributed by atoms with E-state index in [2.05, 4.69) is 14.9 Å². The number of amides is 1. The molecule has 1 aliphatic rings. The average Bonchev–Trinajstić information content (AvgIpc) is 3.16. The van der Waals surface area contributed by atoms with Crippen molar-refractivity contribution in [2.75, 3.05) is 38.2 Å². The Balaban J connectivity index is 1.56. The van der Waals surface area contributed by atoms with Crippen molar-refractivity contribution in [3.05, 3.63) is 36.8 Å². The molecule has 0 saturated carbocycles. The van der Waals surface area contributed by atoms with Gasteiger partial charge < -0.3 is 19.3 Å². The van der Waals surface area contributed by atoms with Crippen LogP contribution in [0.2, 0.25) is 0 Å². The maximum absolute atomic E-state index is 12.1. The van der Waals surface area contributed by atoms with Gasteiger partial charge in [-0.1, -0.05) is 0 Å². The summed E-state index contributed by atoms with van der Waals surface area (Å²) in [5, 5.41) is 4.80. The molecule has 3 aromatic heterocycles. The first kappa shape index (κ1) is 19.0. The zero-order valence-corrected chi connectivity index (χ0v) is 16.8. The zero-order valence-electron chi connectivity index (χ0n) is 16.8. The quantitative estimate of drug-likeness (QED) is 0.670. The Hall–Kier alpha value is -3.36. The molecule has 1 aliphatic heterocycles. The summed E-state index contributed by atoms with van der Waals surface area (Å²) < 4.78 is 12.5. The second kappa shape index (κ2) is 7.94. The SMILES string of the molecule is COc1cnccc1-c1cnc2ccc(N3CCN(C(=O)OC(C)C)CC3)nn12. The van der Waals surface area contributed by atoms with Crippen LogP contribution in [0.15, 0.2) is 36.8 Å². The van der Waals surface area contributed by atoms with Gasteiger partial charge in [0.2, 0.25) is 0 Å². The standard InChI is InChI=1S/C20H24N6O3/c1-14(2)29-20(27)25-10-8-24(9-11-25)19-5-4-18-22-12-16(26(18)23-19)15-6-7-21-13-17(15)28-3/h4-7,12-14H,8-11H2,1-3H3. The molecule has 0 aromatic carbocycles. The summed E-state index contributed by atoms with van der Waals surface area (Å²) in [4.78, 5) is 24.6. The van der Waals surface area contributed by atoms with Crippen LogP contribution in [0.3, 0.4) is 0 Å². The van der Waals surface area contributed by atoms with Crippen LogP contribution in [0.25, 0.3) is 16.9 Å².